The van der Waals surface area contributed by atoms with Crippen LogP contribution in [0.1, 0.15) is 12.8 Å². The predicted octanol–water partition coefficient (Wildman–Crippen LogP) is 1.40. The highest BCUT2D eigenvalue weighted by molar-refractivity contribution is 5.79. The lowest BCUT2D eigenvalue weighted by molar-refractivity contribution is 0.219. The highest BCUT2D eigenvalue weighted by Gasteiger charge is 2.41. The number of aromatic nitrogens is 2. The smallest absolute Gasteiger partial charge is 0.169 e. The van der Waals surface area contributed by atoms with Crippen molar-refractivity contribution in [3.8, 4) is 0 Å². The van der Waals surface area contributed by atoms with Crippen molar-refractivity contribution in [3.05, 3.63) is 24.3 Å². The summed E-state index contributed by atoms with van der Waals surface area (Å²) in [5, 5.41) is 12.5. The van der Waals surface area contributed by atoms with Crippen LogP contribution in [0.15, 0.2) is 24.3 Å². The Balaban J connectivity index is 1.85. The third-order valence-electron chi connectivity index (χ3n) is 3.52. The lowest BCUT2D eigenvalue weighted by Gasteiger charge is -2.14. The first kappa shape index (κ1) is 11.2. The van der Waals surface area contributed by atoms with Gasteiger partial charge >= 0.3 is 0 Å². The Bertz CT molecular complexity index is 580. The summed E-state index contributed by atoms with van der Waals surface area (Å²) in [6.45, 7) is 0.904. The molecule has 1 heterocycles. The second kappa shape index (κ2) is 4.10. The number of para-hydroxylation sites is 2. The zero-order valence-corrected chi connectivity index (χ0v) is 10.1. The van der Waals surface area contributed by atoms with Gasteiger partial charge in [0.1, 0.15) is 0 Å². The molecule has 0 unspecified atom stereocenters. The van der Waals surface area contributed by atoms with Gasteiger partial charge < -0.3 is 16.2 Å². The number of rotatable bonds is 4. The van der Waals surface area contributed by atoms with E-state index in [9.17, 15) is 5.11 Å². The molecule has 5 nitrogen and oxygen atoms in total. The zero-order valence-electron chi connectivity index (χ0n) is 10.1. The van der Waals surface area contributed by atoms with E-state index in [1.54, 1.807) is 0 Å². The molecule has 2 aromatic rings. The molecule has 0 saturated heterocycles. The lowest BCUT2D eigenvalue weighted by atomic mass is 10.1. The molecule has 0 atom stereocenters. The minimum absolute atomic E-state index is 0.0275. The van der Waals surface area contributed by atoms with Crippen molar-refractivity contribution in [2.24, 2.45) is 5.41 Å². The fraction of sp³-hybridized carbons (Fsp3) is 0.385. The Kier molecular flexibility index (Phi) is 2.56. The van der Waals surface area contributed by atoms with Crippen LogP contribution >= 0.6 is 0 Å². The Hall–Kier alpha value is -1.88. The maximum atomic E-state index is 9.27. The van der Waals surface area contributed by atoms with Gasteiger partial charge in [0, 0.05) is 12.0 Å². The Morgan fingerprint density at radius 1 is 1.22 bits per heavy atom. The fourth-order valence-electron chi connectivity index (χ4n) is 1.98. The minimum atomic E-state index is 0.0275. The van der Waals surface area contributed by atoms with Crippen LogP contribution in [-0.2, 0) is 0 Å². The van der Waals surface area contributed by atoms with Gasteiger partial charge in [-0.2, -0.15) is 0 Å². The SMILES string of the molecule is Nc1nc2ccccc2nc1NCC1(CO)CC1. The molecule has 1 aromatic heterocycles. The van der Waals surface area contributed by atoms with Gasteiger partial charge in [0.05, 0.1) is 17.6 Å². The molecule has 0 spiro atoms. The second-order valence-corrected chi connectivity index (χ2v) is 4.96. The zero-order chi connectivity index (χ0) is 12.6. The number of benzene rings is 1. The number of nitrogens with one attached hydrogen (secondary N) is 1. The van der Waals surface area contributed by atoms with Gasteiger partial charge in [0.2, 0.25) is 0 Å². The monoisotopic (exact) mass is 244 g/mol. The van der Waals surface area contributed by atoms with Gasteiger partial charge in [0.15, 0.2) is 11.6 Å². The number of aliphatic hydroxyl groups excluding tert-OH is 1. The van der Waals surface area contributed by atoms with E-state index >= 15 is 0 Å². The number of nitrogen functional groups attached to an aromatic ring is 1. The molecule has 1 saturated carbocycles. The van der Waals surface area contributed by atoms with Crippen LogP contribution in [0.3, 0.4) is 0 Å². The highest BCUT2D eigenvalue weighted by atomic mass is 16.3. The van der Waals surface area contributed by atoms with Gasteiger partial charge in [-0.3, -0.25) is 0 Å². The van der Waals surface area contributed by atoms with Crippen LogP contribution in [-0.4, -0.2) is 28.2 Å². The van der Waals surface area contributed by atoms with Gasteiger partial charge in [-0.25, -0.2) is 9.97 Å². The fourth-order valence-corrected chi connectivity index (χ4v) is 1.98. The molecule has 1 aliphatic carbocycles. The quantitative estimate of drug-likeness (QED) is 0.757. The maximum Gasteiger partial charge on any atom is 0.169 e. The van der Waals surface area contributed by atoms with Gasteiger partial charge in [-0.15, -0.1) is 0 Å². The van der Waals surface area contributed by atoms with Crippen molar-refractivity contribution in [3.63, 3.8) is 0 Å². The molecule has 1 aliphatic rings. The molecule has 1 fully saturated rings. The van der Waals surface area contributed by atoms with Crippen LogP contribution in [0.2, 0.25) is 0 Å². The van der Waals surface area contributed by atoms with E-state index in [4.69, 9.17) is 5.73 Å². The summed E-state index contributed by atoms with van der Waals surface area (Å²) in [4.78, 5) is 8.77. The van der Waals surface area contributed by atoms with E-state index in [-0.39, 0.29) is 12.0 Å². The van der Waals surface area contributed by atoms with E-state index < -0.39 is 0 Å². The third kappa shape index (κ3) is 1.97. The van der Waals surface area contributed by atoms with Crippen molar-refractivity contribution >= 4 is 22.7 Å². The van der Waals surface area contributed by atoms with Crippen LogP contribution in [0.25, 0.3) is 11.0 Å². The van der Waals surface area contributed by atoms with E-state index in [0.717, 1.165) is 23.9 Å². The third-order valence-corrected chi connectivity index (χ3v) is 3.52. The number of anilines is 2. The van der Waals surface area contributed by atoms with Gasteiger partial charge in [0.25, 0.3) is 0 Å². The first-order chi connectivity index (χ1) is 8.72. The summed E-state index contributed by atoms with van der Waals surface area (Å²) in [5.74, 6) is 1.01. The second-order valence-electron chi connectivity index (χ2n) is 4.96. The molecule has 3 rings (SSSR count). The largest absolute Gasteiger partial charge is 0.396 e. The molecule has 5 heteroatoms. The van der Waals surface area contributed by atoms with Crippen LogP contribution in [0.4, 0.5) is 11.6 Å². The molecule has 1 aromatic carbocycles. The number of hydrogen-bond donors (Lipinski definition) is 3. The van der Waals surface area contributed by atoms with Gasteiger partial charge in [-0.1, -0.05) is 12.1 Å². The molecule has 0 radical (unpaired) electrons. The number of nitrogens with two attached hydrogens (primary N) is 1. The van der Waals surface area contributed by atoms with Crippen molar-refractivity contribution in [2.45, 2.75) is 12.8 Å². The molecule has 0 amide bonds. The van der Waals surface area contributed by atoms with Crippen molar-refractivity contribution < 1.29 is 5.11 Å². The summed E-state index contributed by atoms with van der Waals surface area (Å²) in [5.41, 5.74) is 7.52. The molecular weight excluding hydrogens is 228 g/mol. The number of aliphatic hydroxyl groups is 1. The van der Waals surface area contributed by atoms with Gasteiger partial charge in [-0.05, 0) is 25.0 Å². The number of hydrogen-bond acceptors (Lipinski definition) is 5. The molecule has 94 valence electrons. The molecule has 0 bridgehead atoms. The number of nitrogens with zero attached hydrogens (tertiary/aromatic N) is 2. The Labute approximate surface area is 105 Å². The minimum Gasteiger partial charge on any atom is -0.396 e. The normalized spacial score (nSPS) is 16.7. The van der Waals surface area contributed by atoms with E-state index in [1.807, 2.05) is 24.3 Å². The van der Waals surface area contributed by atoms with Crippen LogP contribution in [0.5, 0.6) is 0 Å². The maximum absolute atomic E-state index is 9.27. The molecule has 0 aliphatic heterocycles. The predicted molar refractivity (Wildman–Crippen MR) is 71.2 cm³/mol. The summed E-state index contributed by atoms with van der Waals surface area (Å²) in [6.07, 6.45) is 2.11. The first-order valence-electron chi connectivity index (χ1n) is 6.09. The molecular formula is C13H16N4O. The average Bonchev–Trinajstić information content (AvgIpc) is 3.17. The highest BCUT2D eigenvalue weighted by Crippen LogP contribution is 2.45. The molecule has 4 N–H and O–H groups in total. The van der Waals surface area contributed by atoms with E-state index in [1.165, 1.54) is 0 Å². The summed E-state index contributed by atoms with van der Waals surface area (Å²) in [7, 11) is 0. The Morgan fingerprint density at radius 2 is 1.89 bits per heavy atom. The van der Waals surface area contributed by atoms with Crippen LogP contribution in [0, 0.1) is 5.41 Å². The lowest BCUT2D eigenvalue weighted by Crippen LogP contribution is -2.20. The van der Waals surface area contributed by atoms with Crippen molar-refractivity contribution in [2.75, 3.05) is 24.2 Å². The topological polar surface area (TPSA) is 84.1 Å². The van der Waals surface area contributed by atoms with Crippen LogP contribution < -0.4 is 11.1 Å². The van der Waals surface area contributed by atoms with Crippen molar-refractivity contribution in [1.29, 1.82) is 0 Å². The summed E-state index contributed by atoms with van der Waals surface area (Å²) < 4.78 is 0. The average molecular weight is 244 g/mol. The van der Waals surface area contributed by atoms with E-state index in [0.29, 0.717) is 18.2 Å². The molecule has 18 heavy (non-hydrogen) atoms. The Morgan fingerprint density at radius 3 is 2.50 bits per heavy atom. The van der Waals surface area contributed by atoms with E-state index in [2.05, 4.69) is 15.3 Å². The number of fused-ring (bicyclic) bond motifs is 1. The summed E-state index contributed by atoms with van der Waals surface area (Å²) >= 11 is 0. The van der Waals surface area contributed by atoms with Crippen molar-refractivity contribution in [1.82, 2.24) is 9.97 Å². The standard InChI is InChI=1S/C13H16N4O/c14-11-12(15-7-13(8-18)5-6-13)17-10-4-2-1-3-9(10)16-11/h1-4,18H,5-8H2,(H2,14,16)(H,15,17). The first-order valence-corrected chi connectivity index (χ1v) is 6.09. The summed E-state index contributed by atoms with van der Waals surface area (Å²) in [6, 6.07) is 7.63.